The van der Waals surface area contributed by atoms with Gasteiger partial charge < -0.3 is 15.2 Å². The fourth-order valence-corrected chi connectivity index (χ4v) is 3.57. The Balaban J connectivity index is 1.66. The molecule has 0 spiro atoms. The van der Waals surface area contributed by atoms with Gasteiger partial charge in [-0.2, -0.15) is 9.97 Å². The minimum Gasteiger partial charge on any atom is -0.394 e. The highest BCUT2D eigenvalue weighted by Gasteiger charge is 2.20. The van der Waals surface area contributed by atoms with E-state index < -0.39 is 0 Å². The Morgan fingerprint density at radius 2 is 1.86 bits per heavy atom. The van der Waals surface area contributed by atoms with Crippen LogP contribution in [0.1, 0.15) is 56.0 Å². The van der Waals surface area contributed by atoms with Crippen molar-refractivity contribution in [2.75, 3.05) is 25.1 Å². The minimum atomic E-state index is -0.105. The molecule has 3 rings (SSSR count). The number of aliphatic hydroxyl groups is 1. The molecule has 1 saturated heterocycles. The van der Waals surface area contributed by atoms with Gasteiger partial charge in [0.2, 0.25) is 11.2 Å². The fourth-order valence-electron chi connectivity index (χ4n) is 3.39. The summed E-state index contributed by atoms with van der Waals surface area (Å²) >= 11 is 6.11. The largest absolute Gasteiger partial charge is 0.394 e. The Morgan fingerprint density at radius 1 is 1.14 bits per heavy atom. The highest BCUT2D eigenvalue weighted by atomic mass is 35.5. The Hall–Kier alpha value is -1.76. The number of ether oxygens (including phenoxy) is 1. The summed E-state index contributed by atoms with van der Waals surface area (Å²) in [4.78, 5) is 13.0. The van der Waals surface area contributed by atoms with Gasteiger partial charge in [0.1, 0.15) is 5.82 Å². The van der Waals surface area contributed by atoms with Crippen molar-refractivity contribution >= 4 is 17.5 Å². The Labute approximate surface area is 171 Å². The van der Waals surface area contributed by atoms with Crippen LogP contribution >= 0.6 is 11.6 Å². The molecule has 0 amide bonds. The van der Waals surface area contributed by atoms with Gasteiger partial charge in [-0.25, -0.2) is 4.98 Å². The van der Waals surface area contributed by atoms with Crippen LogP contribution < -0.4 is 5.32 Å². The first-order valence-corrected chi connectivity index (χ1v) is 10.3. The predicted octanol–water partition coefficient (Wildman–Crippen LogP) is 3.80. The molecule has 6 nitrogen and oxygen atoms in total. The van der Waals surface area contributed by atoms with Gasteiger partial charge in [0.25, 0.3) is 0 Å². The lowest BCUT2D eigenvalue weighted by molar-refractivity contribution is 0.00841. The molecule has 2 atom stereocenters. The zero-order chi connectivity index (χ0) is 20.1. The maximum atomic E-state index is 9.58. The molecular formula is C21H29ClN4O2. The number of hydrogen-bond donors (Lipinski definition) is 2. The van der Waals surface area contributed by atoms with Gasteiger partial charge in [0.15, 0.2) is 0 Å². The first-order valence-electron chi connectivity index (χ1n) is 9.90. The van der Waals surface area contributed by atoms with Gasteiger partial charge in [-0.15, -0.1) is 0 Å². The maximum Gasteiger partial charge on any atom is 0.227 e. The lowest BCUT2D eigenvalue weighted by Gasteiger charge is -2.26. The van der Waals surface area contributed by atoms with Gasteiger partial charge >= 0.3 is 0 Å². The van der Waals surface area contributed by atoms with Gasteiger partial charge in [-0.3, -0.25) is 0 Å². The predicted molar refractivity (Wildman–Crippen MR) is 111 cm³/mol. The zero-order valence-corrected chi connectivity index (χ0v) is 17.5. The van der Waals surface area contributed by atoms with E-state index in [0.29, 0.717) is 30.0 Å². The third kappa shape index (κ3) is 5.63. The van der Waals surface area contributed by atoms with Crippen LogP contribution in [0, 0.1) is 5.92 Å². The number of anilines is 1. The molecule has 0 aliphatic carbocycles. The molecule has 1 aromatic heterocycles. The number of halogens is 1. The standard InChI is InChI=1S/C21H29ClN4O2/c1-13(2)8-18(10-27)23-21-25-19(24-20(22)26-21)9-14(3)15-4-6-16(7-5-15)17-11-28-12-17/h4-7,13-14,17-18,27H,8-12H2,1-3H3,(H,23,24,25,26)/t14?,18-/m1/s1. The van der Waals surface area contributed by atoms with Crippen molar-refractivity contribution < 1.29 is 9.84 Å². The number of nitrogens with zero attached hydrogens (tertiary/aromatic N) is 3. The maximum absolute atomic E-state index is 9.58. The van der Waals surface area contributed by atoms with Crippen LogP contribution in [-0.2, 0) is 11.2 Å². The van der Waals surface area contributed by atoms with Gasteiger partial charge in [-0.1, -0.05) is 45.0 Å². The normalized spacial score (nSPS) is 16.6. The number of nitrogens with one attached hydrogen (secondary N) is 1. The molecule has 1 fully saturated rings. The average Bonchev–Trinajstić information content (AvgIpc) is 2.59. The summed E-state index contributed by atoms with van der Waals surface area (Å²) in [6.45, 7) is 8.04. The highest BCUT2D eigenvalue weighted by Crippen LogP contribution is 2.27. The van der Waals surface area contributed by atoms with E-state index in [1.54, 1.807) is 0 Å². The number of rotatable bonds is 9. The molecule has 1 unspecified atom stereocenters. The third-order valence-corrected chi connectivity index (χ3v) is 5.24. The van der Waals surface area contributed by atoms with Crippen molar-refractivity contribution in [2.45, 2.75) is 51.5 Å². The smallest absolute Gasteiger partial charge is 0.227 e. The first-order chi connectivity index (χ1) is 13.4. The summed E-state index contributed by atoms with van der Waals surface area (Å²) in [6.07, 6.45) is 1.49. The lowest BCUT2D eigenvalue weighted by atomic mass is 9.92. The fraction of sp³-hybridized carbons (Fsp3) is 0.571. The molecule has 0 bridgehead atoms. The van der Waals surface area contributed by atoms with Crippen molar-refractivity contribution in [1.82, 2.24) is 15.0 Å². The summed E-state index contributed by atoms with van der Waals surface area (Å²) in [5.74, 6) is 2.30. The Kier molecular flexibility index (Phi) is 7.21. The second-order valence-corrected chi connectivity index (χ2v) is 8.34. The van der Waals surface area contributed by atoms with Crippen LogP contribution in [0.25, 0.3) is 0 Å². The van der Waals surface area contributed by atoms with E-state index in [1.165, 1.54) is 11.1 Å². The molecule has 1 aliphatic heterocycles. The molecular weight excluding hydrogens is 376 g/mol. The quantitative estimate of drug-likeness (QED) is 0.661. The molecule has 7 heteroatoms. The highest BCUT2D eigenvalue weighted by molar-refractivity contribution is 6.28. The van der Waals surface area contributed by atoms with Crippen LogP contribution in [0.3, 0.4) is 0 Å². The molecule has 0 radical (unpaired) electrons. The Bertz CT molecular complexity index is 766. The van der Waals surface area contributed by atoms with Crippen LogP contribution in [0.2, 0.25) is 5.28 Å². The van der Waals surface area contributed by atoms with Crippen LogP contribution in [0.5, 0.6) is 0 Å². The van der Waals surface area contributed by atoms with Crippen molar-refractivity contribution in [3.63, 3.8) is 0 Å². The number of benzene rings is 1. The molecule has 0 saturated carbocycles. The summed E-state index contributed by atoms with van der Waals surface area (Å²) in [7, 11) is 0. The number of aromatic nitrogens is 3. The molecule has 1 aromatic carbocycles. The van der Waals surface area contributed by atoms with Crippen LogP contribution in [0.4, 0.5) is 5.95 Å². The minimum absolute atomic E-state index is 0.0194. The average molecular weight is 405 g/mol. The van der Waals surface area contributed by atoms with E-state index in [-0.39, 0.29) is 23.9 Å². The van der Waals surface area contributed by atoms with E-state index in [4.69, 9.17) is 16.3 Å². The topological polar surface area (TPSA) is 80.2 Å². The third-order valence-electron chi connectivity index (χ3n) is 5.07. The van der Waals surface area contributed by atoms with Crippen molar-refractivity contribution in [1.29, 1.82) is 0 Å². The Morgan fingerprint density at radius 3 is 2.43 bits per heavy atom. The van der Waals surface area contributed by atoms with Crippen molar-refractivity contribution in [3.05, 3.63) is 46.5 Å². The summed E-state index contributed by atoms with van der Waals surface area (Å²) in [5.41, 5.74) is 2.57. The van der Waals surface area contributed by atoms with E-state index >= 15 is 0 Å². The number of aliphatic hydroxyl groups excluding tert-OH is 1. The molecule has 2 aromatic rings. The van der Waals surface area contributed by atoms with Gasteiger partial charge in [-0.05, 0) is 41.0 Å². The lowest BCUT2D eigenvalue weighted by Crippen LogP contribution is -2.27. The zero-order valence-electron chi connectivity index (χ0n) is 16.7. The monoisotopic (exact) mass is 404 g/mol. The molecule has 2 heterocycles. The summed E-state index contributed by atoms with van der Waals surface area (Å²) in [5, 5.41) is 12.9. The second-order valence-electron chi connectivity index (χ2n) is 8.00. The van der Waals surface area contributed by atoms with E-state index in [0.717, 1.165) is 19.6 Å². The molecule has 2 N–H and O–H groups in total. The second kappa shape index (κ2) is 9.63. The van der Waals surface area contributed by atoms with Crippen LogP contribution in [-0.4, -0.2) is 45.9 Å². The van der Waals surface area contributed by atoms with Crippen molar-refractivity contribution in [2.24, 2.45) is 5.92 Å². The summed E-state index contributed by atoms with van der Waals surface area (Å²) in [6, 6.07) is 8.61. The molecule has 28 heavy (non-hydrogen) atoms. The van der Waals surface area contributed by atoms with Crippen LogP contribution in [0.15, 0.2) is 24.3 Å². The first kappa shape index (κ1) is 21.0. The van der Waals surface area contributed by atoms with E-state index in [2.05, 4.69) is 65.3 Å². The molecule has 152 valence electrons. The molecule has 1 aliphatic rings. The number of hydrogen-bond acceptors (Lipinski definition) is 6. The van der Waals surface area contributed by atoms with E-state index in [1.807, 2.05) is 0 Å². The van der Waals surface area contributed by atoms with Crippen molar-refractivity contribution in [3.8, 4) is 0 Å². The van der Waals surface area contributed by atoms with E-state index in [9.17, 15) is 5.11 Å². The summed E-state index contributed by atoms with van der Waals surface area (Å²) < 4.78 is 5.27. The van der Waals surface area contributed by atoms with Gasteiger partial charge in [0, 0.05) is 12.3 Å². The van der Waals surface area contributed by atoms with Gasteiger partial charge in [0.05, 0.1) is 25.9 Å². The SMILES string of the molecule is CC(C)C[C@H](CO)Nc1nc(Cl)nc(CC(C)c2ccc(C3COC3)cc2)n1.